The van der Waals surface area contributed by atoms with Crippen LogP contribution in [0.3, 0.4) is 0 Å². The van der Waals surface area contributed by atoms with Crippen molar-refractivity contribution in [2.75, 3.05) is 26.2 Å². The molecule has 1 aromatic carbocycles. The third kappa shape index (κ3) is 4.13. The molecule has 0 amide bonds. The second-order valence-corrected chi connectivity index (χ2v) is 7.55. The number of fused-ring (bicyclic) bond motifs is 1. The van der Waals surface area contributed by atoms with Gasteiger partial charge >= 0.3 is 0 Å². The van der Waals surface area contributed by atoms with E-state index in [0.29, 0.717) is 24.0 Å². The van der Waals surface area contributed by atoms with Gasteiger partial charge in [0, 0.05) is 6.54 Å². The van der Waals surface area contributed by atoms with Gasteiger partial charge in [-0.05, 0) is 68.5 Å². The highest BCUT2D eigenvalue weighted by Crippen LogP contribution is 2.27. The summed E-state index contributed by atoms with van der Waals surface area (Å²) >= 11 is 0. The number of hydrogen-bond acceptors (Lipinski definition) is 4. The maximum Gasteiger partial charge on any atom is 0.240 e. The Morgan fingerprint density at radius 2 is 2.18 bits per heavy atom. The minimum Gasteiger partial charge on any atom is -0.493 e. The molecule has 1 saturated heterocycles. The second kappa shape index (κ2) is 7.64. The summed E-state index contributed by atoms with van der Waals surface area (Å²) in [6.07, 6.45) is 4.01. The predicted octanol–water partition coefficient (Wildman–Crippen LogP) is 1.71. The molecule has 2 heterocycles. The molecule has 22 heavy (non-hydrogen) atoms. The van der Waals surface area contributed by atoms with Crippen molar-refractivity contribution in [3.8, 4) is 5.75 Å². The lowest BCUT2D eigenvalue weighted by molar-refractivity contribution is 0.288. The van der Waals surface area contributed by atoms with Gasteiger partial charge in [0.2, 0.25) is 10.0 Å². The summed E-state index contributed by atoms with van der Waals surface area (Å²) in [6.45, 7) is 3.14. The molecule has 1 unspecified atom stereocenters. The molecule has 7 heteroatoms. The molecule has 0 spiro atoms. The first kappa shape index (κ1) is 17.5. The minimum atomic E-state index is -3.43. The Balaban J connectivity index is 0.00000176. The molecule has 1 atom stereocenters. The number of rotatable bonds is 4. The molecule has 0 radical (unpaired) electrons. The van der Waals surface area contributed by atoms with Crippen LogP contribution in [0.25, 0.3) is 0 Å². The van der Waals surface area contributed by atoms with Gasteiger partial charge < -0.3 is 10.1 Å². The molecule has 2 aliphatic heterocycles. The second-order valence-electron chi connectivity index (χ2n) is 5.79. The van der Waals surface area contributed by atoms with E-state index in [0.717, 1.165) is 50.1 Å². The van der Waals surface area contributed by atoms with Crippen LogP contribution in [-0.4, -0.2) is 34.7 Å². The maximum absolute atomic E-state index is 12.4. The standard InChI is InChI=1S/C15H22N2O3S.ClH/c18-21(19,17-11-12-3-1-7-16-10-12)14-5-6-15-13(9-14)4-2-8-20-15;/h5-6,9,12,16-17H,1-4,7-8,10-11H2;1H. The Bertz CT molecular complexity index is 601. The largest absolute Gasteiger partial charge is 0.493 e. The Kier molecular flexibility index (Phi) is 6.09. The smallest absolute Gasteiger partial charge is 0.240 e. The van der Waals surface area contributed by atoms with Crippen molar-refractivity contribution < 1.29 is 13.2 Å². The van der Waals surface area contributed by atoms with Crippen LogP contribution in [0.1, 0.15) is 24.8 Å². The predicted molar refractivity (Wildman–Crippen MR) is 88.3 cm³/mol. The Morgan fingerprint density at radius 1 is 1.32 bits per heavy atom. The fourth-order valence-electron chi connectivity index (χ4n) is 2.91. The number of hydrogen-bond donors (Lipinski definition) is 2. The van der Waals surface area contributed by atoms with Crippen molar-refractivity contribution in [2.45, 2.75) is 30.6 Å². The number of benzene rings is 1. The molecule has 124 valence electrons. The molecule has 2 N–H and O–H groups in total. The molecule has 0 saturated carbocycles. The van der Waals surface area contributed by atoms with Gasteiger partial charge in [0.25, 0.3) is 0 Å². The molecule has 2 aliphatic rings. The zero-order valence-corrected chi connectivity index (χ0v) is 14.1. The van der Waals surface area contributed by atoms with Crippen LogP contribution < -0.4 is 14.8 Å². The number of sulfonamides is 1. The van der Waals surface area contributed by atoms with Crippen molar-refractivity contribution in [3.63, 3.8) is 0 Å². The van der Waals surface area contributed by atoms with Crippen LogP contribution in [0.5, 0.6) is 5.75 Å². The first-order valence-corrected chi connectivity index (χ1v) is 9.09. The molecule has 3 rings (SSSR count). The summed E-state index contributed by atoms with van der Waals surface area (Å²) in [5.41, 5.74) is 0.989. The average Bonchev–Trinajstić information content (AvgIpc) is 2.53. The molecule has 0 bridgehead atoms. The van der Waals surface area contributed by atoms with Crippen molar-refractivity contribution in [1.82, 2.24) is 10.0 Å². The zero-order valence-electron chi connectivity index (χ0n) is 12.5. The highest BCUT2D eigenvalue weighted by atomic mass is 35.5. The highest BCUT2D eigenvalue weighted by Gasteiger charge is 2.20. The van der Waals surface area contributed by atoms with E-state index in [9.17, 15) is 8.42 Å². The first-order valence-electron chi connectivity index (χ1n) is 7.61. The lowest BCUT2D eigenvalue weighted by Gasteiger charge is -2.23. The summed E-state index contributed by atoms with van der Waals surface area (Å²) in [7, 11) is -3.43. The third-order valence-electron chi connectivity index (χ3n) is 4.15. The molecular weight excluding hydrogens is 324 g/mol. The van der Waals surface area contributed by atoms with Gasteiger partial charge in [-0.2, -0.15) is 0 Å². The number of ether oxygens (including phenoxy) is 1. The molecule has 1 fully saturated rings. The molecule has 5 nitrogen and oxygen atoms in total. The van der Waals surface area contributed by atoms with E-state index in [1.54, 1.807) is 18.2 Å². The summed E-state index contributed by atoms with van der Waals surface area (Å²) in [4.78, 5) is 0.343. The van der Waals surface area contributed by atoms with Gasteiger partial charge in [-0.15, -0.1) is 12.4 Å². The van der Waals surface area contributed by atoms with Gasteiger partial charge in [-0.25, -0.2) is 13.1 Å². The summed E-state index contributed by atoms with van der Waals surface area (Å²) < 4.78 is 33.0. The minimum absolute atomic E-state index is 0. The zero-order chi connectivity index (χ0) is 14.7. The van der Waals surface area contributed by atoms with Gasteiger partial charge in [-0.1, -0.05) is 0 Å². The fraction of sp³-hybridized carbons (Fsp3) is 0.600. The normalized spacial score (nSPS) is 21.4. The highest BCUT2D eigenvalue weighted by molar-refractivity contribution is 7.89. The van der Waals surface area contributed by atoms with Crippen LogP contribution in [0.15, 0.2) is 23.1 Å². The van der Waals surface area contributed by atoms with Crippen molar-refractivity contribution in [1.29, 1.82) is 0 Å². The molecule has 0 aromatic heterocycles. The molecular formula is C15H23ClN2O3S. The van der Waals surface area contributed by atoms with E-state index >= 15 is 0 Å². The van der Waals surface area contributed by atoms with E-state index in [1.165, 1.54) is 0 Å². The molecule has 1 aromatic rings. The fourth-order valence-corrected chi connectivity index (χ4v) is 4.08. The number of piperidine rings is 1. The van der Waals surface area contributed by atoms with Crippen LogP contribution in [0.4, 0.5) is 0 Å². The summed E-state index contributed by atoms with van der Waals surface area (Å²) in [6, 6.07) is 5.15. The van der Waals surface area contributed by atoms with E-state index < -0.39 is 10.0 Å². The van der Waals surface area contributed by atoms with Crippen LogP contribution in [-0.2, 0) is 16.4 Å². The van der Waals surface area contributed by atoms with Crippen LogP contribution in [0, 0.1) is 5.92 Å². The SMILES string of the molecule is Cl.O=S(=O)(NCC1CCCNC1)c1ccc2c(c1)CCCO2. The Hall–Kier alpha value is -0.820. The van der Waals surface area contributed by atoms with E-state index in [2.05, 4.69) is 10.0 Å². The maximum atomic E-state index is 12.4. The van der Waals surface area contributed by atoms with E-state index in [4.69, 9.17) is 4.74 Å². The topological polar surface area (TPSA) is 67.4 Å². The van der Waals surface area contributed by atoms with E-state index in [-0.39, 0.29) is 12.4 Å². The quantitative estimate of drug-likeness (QED) is 0.871. The Labute approximate surface area is 138 Å². The molecule has 0 aliphatic carbocycles. The lowest BCUT2D eigenvalue weighted by atomic mass is 10.0. The Morgan fingerprint density at radius 3 is 2.95 bits per heavy atom. The van der Waals surface area contributed by atoms with Crippen LogP contribution >= 0.6 is 12.4 Å². The number of aryl methyl sites for hydroxylation is 1. The lowest BCUT2D eigenvalue weighted by Crippen LogP contribution is -2.38. The van der Waals surface area contributed by atoms with E-state index in [1.807, 2.05) is 0 Å². The van der Waals surface area contributed by atoms with Crippen LogP contribution in [0.2, 0.25) is 0 Å². The summed E-state index contributed by atoms with van der Waals surface area (Å²) in [5.74, 6) is 1.20. The average molecular weight is 347 g/mol. The first-order chi connectivity index (χ1) is 10.1. The monoisotopic (exact) mass is 346 g/mol. The third-order valence-corrected chi connectivity index (χ3v) is 5.57. The van der Waals surface area contributed by atoms with Crippen molar-refractivity contribution >= 4 is 22.4 Å². The van der Waals surface area contributed by atoms with Crippen molar-refractivity contribution in [2.24, 2.45) is 5.92 Å². The van der Waals surface area contributed by atoms with Gasteiger partial charge in [0.15, 0.2) is 0 Å². The van der Waals surface area contributed by atoms with Gasteiger partial charge in [0.1, 0.15) is 5.75 Å². The van der Waals surface area contributed by atoms with Gasteiger partial charge in [-0.3, -0.25) is 0 Å². The number of nitrogens with one attached hydrogen (secondary N) is 2. The van der Waals surface area contributed by atoms with Gasteiger partial charge in [0.05, 0.1) is 11.5 Å². The van der Waals surface area contributed by atoms with Crippen molar-refractivity contribution in [3.05, 3.63) is 23.8 Å². The number of halogens is 1. The summed E-state index contributed by atoms with van der Waals surface area (Å²) in [5, 5.41) is 3.30.